The summed E-state index contributed by atoms with van der Waals surface area (Å²) in [6.07, 6.45) is 3.44. The standard InChI is InChI=1S/C15H21BrN2O/c1-9-3-4-14(10(2)5-9)18-15(19)11-6-12(16)8-13(17)7-11/h6-10,14H,3-5,17H2,1-2H3,(H,18,19). The van der Waals surface area contributed by atoms with Gasteiger partial charge in [-0.25, -0.2) is 0 Å². The van der Waals surface area contributed by atoms with Crippen LogP contribution in [0.5, 0.6) is 0 Å². The van der Waals surface area contributed by atoms with Gasteiger partial charge in [-0.3, -0.25) is 4.79 Å². The quantitative estimate of drug-likeness (QED) is 0.817. The smallest absolute Gasteiger partial charge is 0.251 e. The molecule has 0 aliphatic heterocycles. The molecule has 0 saturated heterocycles. The maximum absolute atomic E-state index is 12.3. The van der Waals surface area contributed by atoms with Crippen molar-refractivity contribution in [2.24, 2.45) is 11.8 Å². The summed E-state index contributed by atoms with van der Waals surface area (Å²) in [5.41, 5.74) is 6.99. The molecule has 104 valence electrons. The first-order valence-electron chi connectivity index (χ1n) is 6.82. The number of rotatable bonds is 2. The predicted molar refractivity (Wildman–Crippen MR) is 82.0 cm³/mol. The van der Waals surface area contributed by atoms with Gasteiger partial charge in [-0.05, 0) is 49.3 Å². The van der Waals surface area contributed by atoms with E-state index in [9.17, 15) is 4.79 Å². The van der Waals surface area contributed by atoms with Crippen molar-refractivity contribution in [3.8, 4) is 0 Å². The van der Waals surface area contributed by atoms with E-state index in [1.54, 1.807) is 12.1 Å². The molecule has 1 saturated carbocycles. The van der Waals surface area contributed by atoms with Crippen molar-refractivity contribution < 1.29 is 4.79 Å². The summed E-state index contributed by atoms with van der Waals surface area (Å²) in [6.45, 7) is 4.50. The maximum atomic E-state index is 12.3. The van der Waals surface area contributed by atoms with Crippen LogP contribution in [0.3, 0.4) is 0 Å². The minimum atomic E-state index is -0.0283. The molecule has 3 atom stereocenters. The fourth-order valence-corrected chi connectivity index (χ4v) is 3.39. The van der Waals surface area contributed by atoms with E-state index in [0.717, 1.165) is 16.8 Å². The second kappa shape index (κ2) is 5.95. The molecule has 1 aliphatic rings. The van der Waals surface area contributed by atoms with Crippen molar-refractivity contribution >= 4 is 27.5 Å². The molecule has 3 unspecified atom stereocenters. The molecule has 1 aromatic carbocycles. The zero-order valence-corrected chi connectivity index (χ0v) is 13.0. The zero-order valence-electron chi connectivity index (χ0n) is 11.4. The average molecular weight is 325 g/mol. The third-order valence-corrected chi connectivity index (χ3v) is 4.39. The summed E-state index contributed by atoms with van der Waals surface area (Å²) >= 11 is 3.37. The lowest BCUT2D eigenvalue weighted by Gasteiger charge is -2.33. The lowest BCUT2D eigenvalue weighted by Crippen LogP contribution is -2.42. The number of anilines is 1. The van der Waals surface area contributed by atoms with Crippen molar-refractivity contribution in [3.05, 3.63) is 28.2 Å². The van der Waals surface area contributed by atoms with E-state index >= 15 is 0 Å². The highest BCUT2D eigenvalue weighted by molar-refractivity contribution is 9.10. The summed E-state index contributed by atoms with van der Waals surface area (Å²) in [7, 11) is 0. The van der Waals surface area contributed by atoms with E-state index in [-0.39, 0.29) is 11.9 Å². The number of carbonyl (C=O) groups excluding carboxylic acids is 1. The Labute approximate surface area is 123 Å². The topological polar surface area (TPSA) is 55.1 Å². The van der Waals surface area contributed by atoms with Crippen LogP contribution in [-0.2, 0) is 0 Å². The third kappa shape index (κ3) is 3.72. The molecular weight excluding hydrogens is 304 g/mol. The first kappa shape index (κ1) is 14.4. The lowest BCUT2D eigenvalue weighted by molar-refractivity contribution is 0.0899. The number of benzene rings is 1. The van der Waals surface area contributed by atoms with Gasteiger partial charge in [0.2, 0.25) is 0 Å². The molecule has 0 bridgehead atoms. The molecule has 4 heteroatoms. The Kier molecular flexibility index (Phi) is 4.50. The Bertz CT molecular complexity index is 455. The Morgan fingerprint density at radius 2 is 2.05 bits per heavy atom. The van der Waals surface area contributed by atoms with Gasteiger partial charge in [-0.1, -0.05) is 29.8 Å². The Hall–Kier alpha value is -1.03. The fourth-order valence-electron chi connectivity index (χ4n) is 2.87. The minimum absolute atomic E-state index is 0.0283. The molecule has 2 rings (SSSR count). The van der Waals surface area contributed by atoms with Crippen LogP contribution >= 0.6 is 15.9 Å². The van der Waals surface area contributed by atoms with E-state index in [1.807, 2.05) is 6.07 Å². The second-order valence-electron chi connectivity index (χ2n) is 5.75. The van der Waals surface area contributed by atoms with Gasteiger partial charge in [0.25, 0.3) is 5.91 Å². The van der Waals surface area contributed by atoms with Gasteiger partial charge in [0.1, 0.15) is 0 Å². The van der Waals surface area contributed by atoms with Crippen LogP contribution in [0, 0.1) is 11.8 Å². The van der Waals surface area contributed by atoms with Crippen LogP contribution < -0.4 is 11.1 Å². The van der Waals surface area contributed by atoms with Crippen LogP contribution in [0.4, 0.5) is 5.69 Å². The van der Waals surface area contributed by atoms with Gasteiger partial charge in [-0.2, -0.15) is 0 Å². The summed E-state index contributed by atoms with van der Waals surface area (Å²) in [4.78, 5) is 12.3. The number of nitrogen functional groups attached to an aromatic ring is 1. The second-order valence-corrected chi connectivity index (χ2v) is 6.66. The Balaban J connectivity index is 2.04. The highest BCUT2D eigenvalue weighted by Crippen LogP contribution is 2.29. The average Bonchev–Trinajstić information content (AvgIpc) is 2.31. The Morgan fingerprint density at radius 1 is 1.32 bits per heavy atom. The normalized spacial score (nSPS) is 27.0. The first-order chi connectivity index (χ1) is 8.95. The number of nitrogens with one attached hydrogen (secondary N) is 1. The molecule has 0 spiro atoms. The van der Waals surface area contributed by atoms with Crippen molar-refractivity contribution in [3.63, 3.8) is 0 Å². The Morgan fingerprint density at radius 3 is 2.68 bits per heavy atom. The first-order valence-corrected chi connectivity index (χ1v) is 7.62. The molecule has 1 aromatic rings. The molecule has 1 aliphatic carbocycles. The van der Waals surface area contributed by atoms with Gasteiger partial charge >= 0.3 is 0 Å². The van der Waals surface area contributed by atoms with Crippen LogP contribution in [0.25, 0.3) is 0 Å². The fraction of sp³-hybridized carbons (Fsp3) is 0.533. The van der Waals surface area contributed by atoms with E-state index in [2.05, 4.69) is 35.1 Å². The van der Waals surface area contributed by atoms with E-state index in [0.29, 0.717) is 17.2 Å². The largest absolute Gasteiger partial charge is 0.399 e. The summed E-state index contributed by atoms with van der Waals surface area (Å²) in [5, 5.41) is 3.14. The summed E-state index contributed by atoms with van der Waals surface area (Å²) < 4.78 is 0.836. The maximum Gasteiger partial charge on any atom is 0.251 e. The molecule has 3 N–H and O–H groups in total. The van der Waals surface area contributed by atoms with Crippen LogP contribution in [0.2, 0.25) is 0 Å². The number of nitrogens with two attached hydrogens (primary N) is 1. The molecule has 0 aromatic heterocycles. The van der Waals surface area contributed by atoms with Crippen molar-refractivity contribution in [1.82, 2.24) is 5.32 Å². The molecule has 0 heterocycles. The molecule has 1 amide bonds. The minimum Gasteiger partial charge on any atom is -0.399 e. The van der Waals surface area contributed by atoms with Crippen LogP contribution in [0.15, 0.2) is 22.7 Å². The monoisotopic (exact) mass is 324 g/mol. The van der Waals surface area contributed by atoms with Crippen molar-refractivity contribution in [1.29, 1.82) is 0 Å². The van der Waals surface area contributed by atoms with Crippen LogP contribution in [-0.4, -0.2) is 11.9 Å². The molecular formula is C15H21BrN2O. The SMILES string of the molecule is CC1CCC(NC(=O)c2cc(N)cc(Br)c2)C(C)C1. The molecule has 0 radical (unpaired) electrons. The van der Waals surface area contributed by atoms with Gasteiger partial charge in [0.05, 0.1) is 0 Å². The summed E-state index contributed by atoms with van der Waals surface area (Å²) in [5.74, 6) is 1.28. The van der Waals surface area contributed by atoms with Gasteiger partial charge in [-0.15, -0.1) is 0 Å². The predicted octanol–water partition coefficient (Wildman–Crippen LogP) is 3.59. The van der Waals surface area contributed by atoms with Crippen molar-refractivity contribution in [2.75, 3.05) is 5.73 Å². The zero-order chi connectivity index (χ0) is 14.0. The van der Waals surface area contributed by atoms with Crippen LogP contribution in [0.1, 0.15) is 43.5 Å². The number of halogens is 1. The highest BCUT2D eigenvalue weighted by Gasteiger charge is 2.26. The van der Waals surface area contributed by atoms with Gasteiger partial charge < -0.3 is 11.1 Å². The number of carbonyl (C=O) groups is 1. The van der Waals surface area contributed by atoms with Crippen molar-refractivity contribution in [2.45, 2.75) is 39.2 Å². The van der Waals surface area contributed by atoms with E-state index in [1.165, 1.54) is 12.8 Å². The number of hydrogen-bond donors (Lipinski definition) is 2. The molecule has 3 nitrogen and oxygen atoms in total. The highest BCUT2D eigenvalue weighted by atomic mass is 79.9. The molecule has 19 heavy (non-hydrogen) atoms. The number of amides is 1. The lowest BCUT2D eigenvalue weighted by atomic mass is 9.80. The molecule has 1 fully saturated rings. The van der Waals surface area contributed by atoms with E-state index < -0.39 is 0 Å². The van der Waals surface area contributed by atoms with Gasteiger partial charge in [0.15, 0.2) is 0 Å². The summed E-state index contributed by atoms with van der Waals surface area (Å²) in [6, 6.07) is 5.60. The van der Waals surface area contributed by atoms with Gasteiger partial charge in [0, 0.05) is 21.8 Å². The van der Waals surface area contributed by atoms with E-state index in [4.69, 9.17) is 5.73 Å². The third-order valence-electron chi connectivity index (χ3n) is 3.93. The number of hydrogen-bond acceptors (Lipinski definition) is 2.